The molecule has 0 bridgehead atoms. The summed E-state index contributed by atoms with van der Waals surface area (Å²) in [5, 5.41) is 15.2. The predicted octanol–water partition coefficient (Wildman–Crippen LogP) is 4.62. The van der Waals surface area contributed by atoms with E-state index in [0.29, 0.717) is 0 Å². The molecule has 112 valence electrons. The highest BCUT2D eigenvalue weighted by Gasteiger charge is 2.10. The van der Waals surface area contributed by atoms with Crippen molar-refractivity contribution >= 4 is 33.2 Å². The summed E-state index contributed by atoms with van der Waals surface area (Å²) in [6.45, 7) is -0.0159. The summed E-state index contributed by atoms with van der Waals surface area (Å²) in [6, 6.07) is 24.1. The van der Waals surface area contributed by atoms with Crippen LogP contribution in [0.3, 0.4) is 0 Å². The van der Waals surface area contributed by atoms with E-state index in [-0.39, 0.29) is 6.61 Å². The van der Waals surface area contributed by atoms with Crippen molar-refractivity contribution in [1.29, 1.82) is 0 Å². The van der Waals surface area contributed by atoms with Gasteiger partial charge in [0.25, 0.3) is 0 Å². The maximum Gasteiger partial charge on any atom is 0.0730 e. The summed E-state index contributed by atoms with van der Waals surface area (Å²) in [7, 11) is 0. The number of benzene rings is 3. The molecule has 4 aromatic rings. The third-order valence-electron chi connectivity index (χ3n) is 4.00. The van der Waals surface area contributed by atoms with E-state index in [1.54, 1.807) is 0 Å². The first-order valence-electron chi connectivity index (χ1n) is 7.59. The predicted molar refractivity (Wildman–Crippen MR) is 94.9 cm³/mol. The van der Waals surface area contributed by atoms with Crippen LogP contribution < -0.4 is 5.32 Å². The van der Waals surface area contributed by atoms with Gasteiger partial charge in [0, 0.05) is 22.0 Å². The molecule has 0 spiro atoms. The molecule has 0 saturated heterocycles. The second-order valence-corrected chi connectivity index (χ2v) is 5.50. The van der Waals surface area contributed by atoms with Crippen LogP contribution in [0.4, 0.5) is 11.4 Å². The lowest BCUT2D eigenvalue weighted by Gasteiger charge is -2.14. The average Bonchev–Trinajstić information content (AvgIpc) is 2.61. The van der Waals surface area contributed by atoms with Crippen molar-refractivity contribution in [3.63, 3.8) is 0 Å². The standard InChI is InChI=1S/C20H16N2O/c23-13-15-10-11-19-17(12-14-6-4-5-9-18(14)22-19)20(15)21-16-7-2-1-3-8-16/h1-12,21,23H,13H2. The summed E-state index contributed by atoms with van der Waals surface area (Å²) < 4.78 is 0. The number of aliphatic hydroxyl groups excluding tert-OH is 1. The number of para-hydroxylation sites is 2. The van der Waals surface area contributed by atoms with Crippen LogP contribution in [0.5, 0.6) is 0 Å². The molecule has 1 heterocycles. The fourth-order valence-electron chi connectivity index (χ4n) is 2.84. The minimum atomic E-state index is -0.0159. The quantitative estimate of drug-likeness (QED) is 0.542. The summed E-state index contributed by atoms with van der Waals surface area (Å²) in [4.78, 5) is 4.73. The summed E-state index contributed by atoms with van der Waals surface area (Å²) in [5.74, 6) is 0. The monoisotopic (exact) mass is 300 g/mol. The molecule has 2 N–H and O–H groups in total. The van der Waals surface area contributed by atoms with Crippen LogP contribution in [0.25, 0.3) is 21.8 Å². The Labute approximate surface area is 134 Å². The van der Waals surface area contributed by atoms with Crippen molar-refractivity contribution in [1.82, 2.24) is 4.98 Å². The van der Waals surface area contributed by atoms with Crippen LogP contribution in [0, 0.1) is 0 Å². The molecule has 0 fully saturated rings. The molecule has 0 unspecified atom stereocenters. The Morgan fingerprint density at radius 1 is 0.826 bits per heavy atom. The smallest absolute Gasteiger partial charge is 0.0730 e. The topological polar surface area (TPSA) is 45.2 Å². The summed E-state index contributed by atoms with van der Waals surface area (Å²) in [5.41, 5.74) is 4.65. The number of hydrogen-bond donors (Lipinski definition) is 2. The lowest BCUT2D eigenvalue weighted by molar-refractivity contribution is 0.282. The molecular formula is C20H16N2O. The van der Waals surface area contributed by atoms with Crippen LogP contribution >= 0.6 is 0 Å². The van der Waals surface area contributed by atoms with Gasteiger partial charge in [0.2, 0.25) is 0 Å². The molecule has 0 saturated carbocycles. The lowest BCUT2D eigenvalue weighted by atomic mass is 10.0. The molecule has 1 aromatic heterocycles. The van der Waals surface area contributed by atoms with Crippen LogP contribution in [0.1, 0.15) is 5.56 Å². The van der Waals surface area contributed by atoms with Gasteiger partial charge >= 0.3 is 0 Å². The molecule has 3 heteroatoms. The van der Waals surface area contributed by atoms with Gasteiger partial charge in [-0.25, -0.2) is 4.98 Å². The van der Waals surface area contributed by atoms with Crippen LogP contribution in [0.15, 0.2) is 72.8 Å². The van der Waals surface area contributed by atoms with Gasteiger partial charge in [-0.3, -0.25) is 0 Å². The van der Waals surface area contributed by atoms with Gasteiger partial charge in [-0.15, -0.1) is 0 Å². The Morgan fingerprint density at radius 3 is 2.43 bits per heavy atom. The van der Waals surface area contributed by atoms with E-state index in [1.165, 1.54) is 0 Å². The number of anilines is 2. The number of aromatic nitrogens is 1. The molecule has 23 heavy (non-hydrogen) atoms. The molecule has 0 aliphatic heterocycles. The first kappa shape index (κ1) is 13.7. The zero-order chi connectivity index (χ0) is 15.6. The fraction of sp³-hybridized carbons (Fsp3) is 0.0500. The van der Waals surface area contributed by atoms with E-state index in [0.717, 1.165) is 38.7 Å². The number of pyridine rings is 1. The van der Waals surface area contributed by atoms with Crippen molar-refractivity contribution in [2.24, 2.45) is 0 Å². The molecule has 3 aromatic carbocycles. The first-order chi connectivity index (χ1) is 11.3. The van der Waals surface area contributed by atoms with Crippen molar-refractivity contribution in [2.45, 2.75) is 6.61 Å². The van der Waals surface area contributed by atoms with Gasteiger partial charge in [-0.2, -0.15) is 0 Å². The molecule has 3 nitrogen and oxygen atoms in total. The Hall–Kier alpha value is -2.91. The van der Waals surface area contributed by atoms with Crippen LogP contribution in [0.2, 0.25) is 0 Å². The van der Waals surface area contributed by atoms with Crippen molar-refractivity contribution in [3.05, 3.63) is 78.4 Å². The van der Waals surface area contributed by atoms with Gasteiger partial charge in [0.15, 0.2) is 0 Å². The Kier molecular flexibility index (Phi) is 3.41. The highest BCUT2D eigenvalue weighted by Crippen LogP contribution is 2.31. The molecule has 0 atom stereocenters. The van der Waals surface area contributed by atoms with E-state index >= 15 is 0 Å². The molecule has 0 radical (unpaired) electrons. The SMILES string of the molecule is OCc1ccc2nc3ccccc3cc2c1Nc1ccccc1. The zero-order valence-electron chi connectivity index (χ0n) is 12.5. The third-order valence-corrected chi connectivity index (χ3v) is 4.00. The van der Waals surface area contributed by atoms with E-state index in [4.69, 9.17) is 4.98 Å². The number of fused-ring (bicyclic) bond motifs is 2. The Morgan fingerprint density at radius 2 is 1.61 bits per heavy atom. The molecule has 0 amide bonds. The highest BCUT2D eigenvalue weighted by atomic mass is 16.3. The van der Waals surface area contributed by atoms with Gasteiger partial charge in [0.1, 0.15) is 0 Å². The van der Waals surface area contributed by atoms with Gasteiger partial charge < -0.3 is 10.4 Å². The molecule has 0 aliphatic rings. The Balaban J connectivity index is 1.96. The number of aliphatic hydroxyl groups is 1. The maximum absolute atomic E-state index is 9.71. The normalized spacial score (nSPS) is 11.0. The number of hydrogen-bond acceptors (Lipinski definition) is 3. The third kappa shape index (κ3) is 2.51. The molecule has 4 rings (SSSR count). The molecule has 0 aliphatic carbocycles. The summed E-state index contributed by atoms with van der Waals surface area (Å²) in [6.07, 6.45) is 0. The maximum atomic E-state index is 9.71. The van der Waals surface area contributed by atoms with Gasteiger partial charge in [-0.05, 0) is 30.3 Å². The second-order valence-electron chi connectivity index (χ2n) is 5.50. The van der Waals surface area contributed by atoms with Gasteiger partial charge in [-0.1, -0.05) is 42.5 Å². The van der Waals surface area contributed by atoms with Crippen LogP contribution in [-0.4, -0.2) is 10.1 Å². The van der Waals surface area contributed by atoms with E-state index in [9.17, 15) is 5.11 Å². The largest absolute Gasteiger partial charge is 0.392 e. The first-order valence-corrected chi connectivity index (χ1v) is 7.59. The van der Waals surface area contributed by atoms with E-state index in [2.05, 4.69) is 17.4 Å². The van der Waals surface area contributed by atoms with Gasteiger partial charge in [0.05, 0.1) is 23.3 Å². The van der Waals surface area contributed by atoms with E-state index < -0.39 is 0 Å². The average molecular weight is 300 g/mol. The number of rotatable bonds is 3. The second kappa shape index (κ2) is 5.71. The highest BCUT2D eigenvalue weighted by molar-refractivity contribution is 6.01. The van der Waals surface area contributed by atoms with Crippen LogP contribution in [-0.2, 0) is 6.61 Å². The molecular weight excluding hydrogens is 284 g/mol. The van der Waals surface area contributed by atoms with E-state index in [1.807, 2.05) is 60.7 Å². The number of nitrogens with one attached hydrogen (secondary N) is 1. The summed E-state index contributed by atoms with van der Waals surface area (Å²) >= 11 is 0. The van der Waals surface area contributed by atoms with Crippen molar-refractivity contribution < 1.29 is 5.11 Å². The minimum Gasteiger partial charge on any atom is -0.392 e. The number of nitrogens with zero attached hydrogens (tertiary/aromatic N) is 1. The Bertz CT molecular complexity index is 981. The lowest BCUT2D eigenvalue weighted by Crippen LogP contribution is -1.98. The fourth-order valence-corrected chi connectivity index (χ4v) is 2.84. The zero-order valence-corrected chi connectivity index (χ0v) is 12.5. The minimum absolute atomic E-state index is 0.0159. The van der Waals surface area contributed by atoms with Crippen molar-refractivity contribution in [3.8, 4) is 0 Å². The van der Waals surface area contributed by atoms with Crippen molar-refractivity contribution in [2.75, 3.05) is 5.32 Å².